The van der Waals surface area contributed by atoms with E-state index >= 15 is 0 Å². The molecule has 3 heterocycles. The van der Waals surface area contributed by atoms with E-state index in [-0.39, 0.29) is 0 Å². The van der Waals surface area contributed by atoms with Crippen LogP contribution in [0.5, 0.6) is 5.75 Å². The van der Waals surface area contributed by atoms with Gasteiger partial charge in [-0.25, -0.2) is 9.97 Å². The van der Waals surface area contributed by atoms with E-state index in [4.69, 9.17) is 9.72 Å². The number of hydrogen-bond acceptors (Lipinski definition) is 4. The van der Waals surface area contributed by atoms with Crippen LogP contribution in [0.2, 0.25) is 0 Å². The van der Waals surface area contributed by atoms with Gasteiger partial charge in [0.25, 0.3) is 0 Å². The van der Waals surface area contributed by atoms with E-state index in [1.54, 1.807) is 25.7 Å². The number of ether oxygens (including phenoxy) is 1. The molecular formula is C18H14N4O. The van der Waals surface area contributed by atoms with Crippen molar-refractivity contribution >= 4 is 11.2 Å². The van der Waals surface area contributed by atoms with Gasteiger partial charge < -0.3 is 4.74 Å². The largest absolute Gasteiger partial charge is 0.497 e. The Morgan fingerprint density at radius 2 is 1.70 bits per heavy atom. The maximum Gasteiger partial charge on any atom is 0.164 e. The summed E-state index contributed by atoms with van der Waals surface area (Å²) in [6.07, 6.45) is 5.31. The fraction of sp³-hybridized carbons (Fsp3) is 0.0556. The summed E-state index contributed by atoms with van der Waals surface area (Å²) in [5.74, 6) is 1.66. The summed E-state index contributed by atoms with van der Waals surface area (Å²) < 4.78 is 7.29. The van der Waals surface area contributed by atoms with Crippen LogP contribution in [0.4, 0.5) is 0 Å². The van der Waals surface area contributed by atoms with E-state index in [0.717, 1.165) is 34.0 Å². The molecular weight excluding hydrogens is 288 g/mol. The van der Waals surface area contributed by atoms with Crippen molar-refractivity contribution in [2.24, 2.45) is 0 Å². The Labute approximate surface area is 133 Å². The van der Waals surface area contributed by atoms with E-state index < -0.39 is 0 Å². The predicted molar refractivity (Wildman–Crippen MR) is 88.6 cm³/mol. The van der Waals surface area contributed by atoms with E-state index in [2.05, 4.69) is 9.97 Å². The molecule has 0 saturated carbocycles. The van der Waals surface area contributed by atoms with Crippen LogP contribution in [0.3, 0.4) is 0 Å². The summed E-state index contributed by atoms with van der Waals surface area (Å²) in [6.45, 7) is 0. The highest BCUT2D eigenvalue weighted by atomic mass is 16.5. The molecule has 112 valence electrons. The maximum atomic E-state index is 5.24. The molecule has 0 aliphatic heterocycles. The molecule has 0 radical (unpaired) electrons. The Bertz CT molecular complexity index is 946. The molecule has 0 aliphatic carbocycles. The molecule has 0 aliphatic rings. The van der Waals surface area contributed by atoms with Crippen molar-refractivity contribution in [2.75, 3.05) is 7.11 Å². The number of nitrogens with zero attached hydrogens (tertiary/aromatic N) is 4. The molecule has 5 nitrogen and oxygen atoms in total. The van der Waals surface area contributed by atoms with Gasteiger partial charge in [-0.2, -0.15) is 0 Å². The zero-order valence-corrected chi connectivity index (χ0v) is 12.5. The average molecular weight is 302 g/mol. The number of imidazole rings is 1. The third kappa shape index (κ3) is 2.32. The van der Waals surface area contributed by atoms with Crippen LogP contribution in [0.25, 0.3) is 28.2 Å². The highest BCUT2D eigenvalue weighted by molar-refractivity contribution is 5.79. The average Bonchev–Trinajstić information content (AvgIpc) is 3.02. The van der Waals surface area contributed by atoms with Gasteiger partial charge in [-0.15, -0.1) is 0 Å². The maximum absolute atomic E-state index is 5.24. The second kappa shape index (κ2) is 5.53. The van der Waals surface area contributed by atoms with Crippen molar-refractivity contribution < 1.29 is 4.74 Å². The van der Waals surface area contributed by atoms with E-state index in [0.29, 0.717) is 0 Å². The zero-order valence-electron chi connectivity index (χ0n) is 12.5. The fourth-order valence-electron chi connectivity index (χ4n) is 2.58. The first kappa shape index (κ1) is 13.5. The first-order valence-corrected chi connectivity index (χ1v) is 7.25. The molecule has 0 N–H and O–H groups in total. The van der Waals surface area contributed by atoms with Crippen molar-refractivity contribution in [1.29, 1.82) is 0 Å². The fourth-order valence-corrected chi connectivity index (χ4v) is 2.58. The van der Waals surface area contributed by atoms with Crippen LogP contribution in [0.15, 0.2) is 67.1 Å². The topological polar surface area (TPSA) is 52.8 Å². The van der Waals surface area contributed by atoms with Gasteiger partial charge in [0.05, 0.1) is 7.11 Å². The highest BCUT2D eigenvalue weighted by Crippen LogP contribution is 2.27. The zero-order chi connectivity index (χ0) is 15.6. The molecule has 0 amide bonds. The number of fused-ring (bicyclic) bond motifs is 1. The summed E-state index contributed by atoms with van der Waals surface area (Å²) >= 11 is 0. The summed E-state index contributed by atoms with van der Waals surface area (Å²) in [5.41, 5.74) is 3.66. The lowest BCUT2D eigenvalue weighted by molar-refractivity contribution is 0.415. The van der Waals surface area contributed by atoms with Crippen LogP contribution in [0, 0.1) is 0 Å². The number of methoxy groups -OCH3 is 1. The van der Waals surface area contributed by atoms with Gasteiger partial charge in [0.15, 0.2) is 5.65 Å². The molecule has 0 atom stereocenters. The van der Waals surface area contributed by atoms with Gasteiger partial charge in [0, 0.05) is 29.8 Å². The third-order valence-corrected chi connectivity index (χ3v) is 3.69. The van der Waals surface area contributed by atoms with Crippen LogP contribution in [-0.4, -0.2) is 26.6 Å². The Hall–Kier alpha value is -3.21. The first-order valence-electron chi connectivity index (χ1n) is 7.25. The minimum Gasteiger partial charge on any atom is -0.497 e. The molecule has 0 fully saturated rings. The van der Waals surface area contributed by atoms with E-state index in [9.17, 15) is 0 Å². The number of hydrogen-bond donors (Lipinski definition) is 0. The minimum atomic E-state index is 0.816. The van der Waals surface area contributed by atoms with Crippen LogP contribution in [-0.2, 0) is 0 Å². The third-order valence-electron chi connectivity index (χ3n) is 3.69. The normalized spacial score (nSPS) is 10.8. The summed E-state index contributed by atoms with van der Waals surface area (Å²) in [4.78, 5) is 13.3. The molecule has 0 bridgehead atoms. The molecule has 0 saturated heterocycles. The number of pyridine rings is 2. The number of rotatable bonds is 3. The van der Waals surface area contributed by atoms with Gasteiger partial charge in [0.2, 0.25) is 0 Å². The van der Waals surface area contributed by atoms with E-state index in [1.165, 1.54) is 0 Å². The first-order chi connectivity index (χ1) is 11.4. The predicted octanol–water partition coefficient (Wildman–Crippen LogP) is 3.49. The Morgan fingerprint density at radius 3 is 2.43 bits per heavy atom. The second-order valence-electron chi connectivity index (χ2n) is 5.05. The van der Waals surface area contributed by atoms with Gasteiger partial charge in [0.1, 0.15) is 17.1 Å². The molecule has 0 unspecified atom stereocenters. The van der Waals surface area contributed by atoms with Crippen molar-refractivity contribution in [2.45, 2.75) is 0 Å². The van der Waals surface area contributed by atoms with Crippen molar-refractivity contribution in [3.63, 3.8) is 0 Å². The van der Waals surface area contributed by atoms with Gasteiger partial charge in [-0.05, 0) is 48.5 Å². The van der Waals surface area contributed by atoms with Crippen LogP contribution >= 0.6 is 0 Å². The molecule has 0 spiro atoms. The SMILES string of the molecule is COc1ccc(-n2c(-c3ccncc3)nc3cccnc32)cc1. The highest BCUT2D eigenvalue weighted by Gasteiger charge is 2.14. The molecule has 3 aromatic heterocycles. The van der Waals surface area contributed by atoms with Gasteiger partial charge in [-0.3, -0.25) is 9.55 Å². The lowest BCUT2D eigenvalue weighted by Crippen LogP contribution is -1.98. The van der Waals surface area contributed by atoms with Crippen LogP contribution < -0.4 is 4.74 Å². The van der Waals surface area contributed by atoms with Crippen molar-refractivity contribution in [1.82, 2.24) is 19.5 Å². The van der Waals surface area contributed by atoms with Crippen molar-refractivity contribution in [3.8, 4) is 22.8 Å². The number of benzene rings is 1. The smallest absolute Gasteiger partial charge is 0.164 e. The standard InChI is InChI=1S/C18H14N4O/c1-23-15-6-4-14(5-7-15)22-17(13-8-11-19-12-9-13)21-16-3-2-10-20-18(16)22/h2-12H,1H3. The van der Waals surface area contributed by atoms with E-state index in [1.807, 2.05) is 53.1 Å². The van der Waals surface area contributed by atoms with Gasteiger partial charge >= 0.3 is 0 Å². The monoisotopic (exact) mass is 302 g/mol. The Morgan fingerprint density at radius 1 is 0.913 bits per heavy atom. The van der Waals surface area contributed by atoms with Gasteiger partial charge in [-0.1, -0.05) is 0 Å². The van der Waals surface area contributed by atoms with Crippen LogP contribution in [0.1, 0.15) is 0 Å². The lowest BCUT2D eigenvalue weighted by atomic mass is 10.2. The molecule has 1 aromatic carbocycles. The minimum absolute atomic E-state index is 0.816. The quantitative estimate of drug-likeness (QED) is 0.581. The Balaban J connectivity index is 1.99. The summed E-state index contributed by atoms with van der Waals surface area (Å²) in [6, 6.07) is 15.6. The Kier molecular flexibility index (Phi) is 3.24. The number of aromatic nitrogens is 4. The molecule has 4 rings (SSSR count). The summed E-state index contributed by atoms with van der Waals surface area (Å²) in [7, 11) is 1.66. The van der Waals surface area contributed by atoms with Crippen molar-refractivity contribution in [3.05, 3.63) is 67.1 Å². The second-order valence-corrected chi connectivity index (χ2v) is 5.05. The lowest BCUT2D eigenvalue weighted by Gasteiger charge is -2.09. The summed E-state index contributed by atoms with van der Waals surface area (Å²) in [5, 5.41) is 0. The molecule has 4 aromatic rings. The molecule has 23 heavy (non-hydrogen) atoms. The molecule has 5 heteroatoms.